The molecule has 10 heavy (non-hydrogen) atoms. The van der Waals surface area contributed by atoms with Crippen molar-refractivity contribution in [2.75, 3.05) is 0 Å². The van der Waals surface area contributed by atoms with Crippen molar-refractivity contribution < 1.29 is 4.52 Å². The van der Waals surface area contributed by atoms with Gasteiger partial charge in [0, 0.05) is 5.92 Å². The predicted octanol–water partition coefficient (Wildman–Crippen LogP) is 0.406. The van der Waals surface area contributed by atoms with E-state index in [4.69, 9.17) is 10.3 Å². The minimum Gasteiger partial charge on any atom is -0.338 e. The van der Waals surface area contributed by atoms with Crippen LogP contribution < -0.4 is 5.73 Å². The molecule has 1 aromatic heterocycles. The first-order valence-corrected chi connectivity index (χ1v) is 3.42. The molecule has 0 radical (unpaired) electrons. The van der Waals surface area contributed by atoms with Gasteiger partial charge < -0.3 is 10.3 Å². The second-order valence-corrected chi connectivity index (χ2v) is 2.52. The van der Waals surface area contributed by atoms with Gasteiger partial charge in [0.2, 0.25) is 5.89 Å². The molecule has 0 bridgehead atoms. The Hall–Kier alpha value is -0.900. The zero-order valence-electron chi connectivity index (χ0n) is 5.58. The van der Waals surface area contributed by atoms with E-state index in [0.717, 1.165) is 5.82 Å². The van der Waals surface area contributed by atoms with Crippen LogP contribution in [-0.4, -0.2) is 10.1 Å². The summed E-state index contributed by atoms with van der Waals surface area (Å²) in [5.41, 5.74) is 5.29. The second kappa shape index (κ2) is 2.05. The Morgan fingerprint density at radius 1 is 1.60 bits per heavy atom. The van der Waals surface area contributed by atoms with Gasteiger partial charge in [0.05, 0.1) is 6.54 Å². The number of nitrogens with two attached hydrogens (primary N) is 1. The van der Waals surface area contributed by atoms with Gasteiger partial charge in [-0.2, -0.15) is 4.98 Å². The van der Waals surface area contributed by atoms with Gasteiger partial charge in [-0.25, -0.2) is 0 Å². The molecule has 1 aromatic rings. The van der Waals surface area contributed by atoms with Crippen LogP contribution in [0.5, 0.6) is 0 Å². The highest BCUT2D eigenvalue weighted by Crippen LogP contribution is 2.37. The fraction of sp³-hybridized carbons (Fsp3) is 0.667. The summed E-state index contributed by atoms with van der Waals surface area (Å²) in [7, 11) is 0. The smallest absolute Gasteiger partial charge is 0.240 e. The first-order chi connectivity index (χ1) is 4.90. The average Bonchev–Trinajstić information content (AvgIpc) is 2.70. The molecule has 0 aliphatic heterocycles. The molecule has 0 aromatic carbocycles. The molecule has 1 fully saturated rings. The number of aromatic nitrogens is 2. The van der Waals surface area contributed by atoms with E-state index in [9.17, 15) is 0 Å². The molecule has 54 valence electrons. The Morgan fingerprint density at radius 3 is 2.90 bits per heavy atom. The van der Waals surface area contributed by atoms with Crippen LogP contribution in [0.2, 0.25) is 0 Å². The lowest BCUT2D eigenvalue weighted by molar-refractivity contribution is 0.374. The maximum atomic E-state index is 5.29. The molecule has 4 heteroatoms. The standard InChI is InChI=1S/C6H9N3O/c7-3-5-8-6(9-10-5)4-1-2-4/h4H,1-3,7H2. The van der Waals surface area contributed by atoms with Gasteiger partial charge in [0.1, 0.15) is 0 Å². The van der Waals surface area contributed by atoms with E-state index >= 15 is 0 Å². The van der Waals surface area contributed by atoms with Gasteiger partial charge in [-0.05, 0) is 12.8 Å². The van der Waals surface area contributed by atoms with E-state index in [-0.39, 0.29) is 0 Å². The van der Waals surface area contributed by atoms with E-state index in [1.54, 1.807) is 0 Å². The summed E-state index contributed by atoms with van der Waals surface area (Å²) < 4.78 is 4.83. The summed E-state index contributed by atoms with van der Waals surface area (Å²) in [4.78, 5) is 4.09. The Kier molecular flexibility index (Phi) is 1.20. The summed E-state index contributed by atoms with van der Waals surface area (Å²) in [5, 5.41) is 3.78. The van der Waals surface area contributed by atoms with Crippen molar-refractivity contribution in [1.82, 2.24) is 10.1 Å². The average molecular weight is 139 g/mol. The molecule has 0 spiro atoms. The first-order valence-electron chi connectivity index (χ1n) is 3.42. The third kappa shape index (κ3) is 0.903. The maximum Gasteiger partial charge on any atom is 0.240 e. The van der Waals surface area contributed by atoms with E-state index in [0.29, 0.717) is 18.4 Å². The molecule has 1 aliphatic carbocycles. The van der Waals surface area contributed by atoms with Crippen LogP contribution in [-0.2, 0) is 6.54 Å². The quantitative estimate of drug-likeness (QED) is 0.644. The fourth-order valence-electron chi connectivity index (χ4n) is 0.858. The van der Waals surface area contributed by atoms with Crippen molar-refractivity contribution in [3.63, 3.8) is 0 Å². The Labute approximate surface area is 58.4 Å². The Morgan fingerprint density at radius 2 is 2.40 bits per heavy atom. The first kappa shape index (κ1) is 5.85. The van der Waals surface area contributed by atoms with Crippen LogP contribution in [0.4, 0.5) is 0 Å². The lowest BCUT2D eigenvalue weighted by Gasteiger charge is -1.79. The molecule has 0 saturated heterocycles. The van der Waals surface area contributed by atoms with Crippen LogP contribution in [0.25, 0.3) is 0 Å². The van der Waals surface area contributed by atoms with Gasteiger partial charge in [0.25, 0.3) is 0 Å². The Balaban J connectivity index is 2.19. The third-order valence-electron chi connectivity index (χ3n) is 1.60. The monoisotopic (exact) mass is 139 g/mol. The van der Waals surface area contributed by atoms with Crippen molar-refractivity contribution >= 4 is 0 Å². The van der Waals surface area contributed by atoms with Crippen molar-refractivity contribution in [3.8, 4) is 0 Å². The van der Waals surface area contributed by atoms with Crippen LogP contribution in [0, 0.1) is 0 Å². The van der Waals surface area contributed by atoms with Gasteiger partial charge in [-0.15, -0.1) is 0 Å². The van der Waals surface area contributed by atoms with Gasteiger partial charge in [0.15, 0.2) is 5.82 Å². The zero-order valence-corrected chi connectivity index (χ0v) is 5.58. The highest BCUT2D eigenvalue weighted by atomic mass is 16.5. The summed E-state index contributed by atoms with van der Waals surface area (Å²) >= 11 is 0. The lowest BCUT2D eigenvalue weighted by Crippen LogP contribution is -1.95. The maximum absolute atomic E-state index is 5.29. The van der Waals surface area contributed by atoms with E-state index in [2.05, 4.69) is 10.1 Å². The molecule has 1 saturated carbocycles. The van der Waals surface area contributed by atoms with Crippen LogP contribution in [0.15, 0.2) is 4.52 Å². The molecular weight excluding hydrogens is 130 g/mol. The Bertz CT molecular complexity index is 229. The molecule has 0 atom stereocenters. The third-order valence-corrected chi connectivity index (χ3v) is 1.60. The summed E-state index contributed by atoms with van der Waals surface area (Å²) in [5.74, 6) is 1.94. The van der Waals surface area contributed by atoms with Crippen LogP contribution >= 0.6 is 0 Å². The molecule has 2 N–H and O–H groups in total. The SMILES string of the molecule is NCc1nc(C2CC2)no1. The molecular formula is C6H9N3O. The fourth-order valence-corrected chi connectivity index (χ4v) is 0.858. The molecule has 1 heterocycles. The van der Waals surface area contributed by atoms with E-state index in [1.807, 2.05) is 0 Å². The molecule has 0 unspecified atom stereocenters. The highest BCUT2D eigenvalue weighted by molar-refractivity contribution is 5.02. The predicted molar refractivity (Wildman–Crippen MR) is 34.2 cm³/mol. The number of rotatable bonds is 2. The van der Waals surface area contributed by atoms with E-state index < -0.39 is 0 Å². The second-order valence-electron chi connectivity index (χ2n) is 2.52. The topological polar surface area (TPSA) is 64.9 Å². The minimum atomic E-state index is 0.347. The lowest BCUT2D eigenvalue weighted by atomic mass is 10.4. The normalized spacial score (nSPS) is 17.7. The van der Waals surface area contributed by atoms with Crippen molar-refractivity contribution in [2.24, 2.45) is 5.73 Å². The van der Waals surface area contributed by atoms with E-state index in [1.165, 1.54) is 12.8 Å². The molecule has 4 nitrogen and oxygen atoms in total. The summed E-state index contributed by atoms with van der Waals surface area (Å²) in [6, 6.07) is 0. The molecule has 0 amide bonds. The van der Waals surface area contributed by atoms with Gasteiger partial charge in [-0.3, -0.25) is 0 Å². The van der Waals surface area contributed by atoms with Crippen LogP contribution in [0.1, 0.15) is 30.5 Å². The summed E-state index contributed by atoms with van der Waals surface area (Å²) in [6.07, 6.45) is 2.40. The van der Waals surface area contributed by atoms with Crippen molar-refractivity contribution in [1.29, 1.82) is 0 Å². The molecule has 2 rings (SSSR count). The summed E-state index contributed by atoms with van der Waals surface area (Å²) in [6.45, 7) is 0.347. The number of hydrogen-bond acceptors (Lipinski definition) is 4. The highest BCUT2D eigenvalue weighted by Gasteiger charge is 2.28. The van der Waals surface area contributed by atoms with Crippen molar-refractivity contribution in [2.45, 2.75) is 25.3 Å². The zero-order chi connectivity index (χ0) is 6.97. The van der Waals surface area contributed by atoms with Crippen molar-refractivity contribution in [3.05, 3.63) is 11.7 Å². The minimum absolute atomic E-state index is 0.347. The largest absolute Gasteiger partial charge is 0.338 e. The molecule has 1 aliphatic rings. The van der Waals surface area contributed by atoms with Gasteiger partial charge >= 0.3 is 0 Å². The number of nitrogens with zero attached hydrogens (tertiary/aromatic N) is 2. The van der Waals surface area contributed by atoms with Crippen LogP contribution in [0.3, 0.4) is 0 Å². The number of hydrogen-bond donors (Lipinski definition) is 1. The van der Waals surface area contributed by atoms with Gasteiger partial charge in [-0.1, -0.05) is 5.16 Å².